The Morgan fingerprint density at radius 3 is 2.87 bits per heavy atom. The lowest BCUT2D eigenvalue weighted by Gasteiger charge is -2.33. The second-order valence-corrected chi connectivity index (χ2v) is 6.94. The molecule has 5 rings (SSSR count). The van der Waals surface area contributed by atoms with Crippen molar-refractivity contribution in [2.75, 3.05) is 28.7 Å². The number of halogens is 1. The molecule has 0 fully saturated rings. The van der Waals surface area contributed by atoms with Gasteiger partial charge in [-0.25, -0.2) is 9.37 Å². The molecule has 0 unspecified atom stereocenters. The molecule has 10 heteroatoms. The van der Waals surface area contributed by atoms with Crippen molar-refractivity contribution < 1.29 is 19.0 Å². The van der Waals surface area contributed by atoms with Crippen LogP contribution in [-0.2, 0) is 4.79 Å². The minimum absolute atomic E-state index is 0.0480. The first-order valence-corrected chi connectivity index (χ1v) is 9.55. The van der Waals surface area contributed by atoms with Crippen LogP contribution in [-0.4, -0.2) is 40.0 Å². The van der Waals surface area contributed by atoms with E-state index in [0.29, 0.717) is 41.6 Å². The Morgan fingerprint density at radius 1 is 1.13 bits per heavy atom. The molecule has 3 aromatic rings. The number of amidine groups is 1. The zero-order valence-corrected chi connectivity index (χ0v) is 16.2. The van der Waals surface area contributed by atoms with Gasteiger partial charge in [-0.3, -0.25) is 14.7 Å². The third-order valence-corrected chi connectivity index (χ3v) is 4.79. The summed E-state index contributed by atoms with van der Waals surface area (Å²) in [6, 6.07) is 11.5. The van der Waals surface area contributed by atoms with Crippen molar-refractivity contribution in [2.24, 2.45) is 4.99 Å². The van der Waals surface area contributed by atoms with Crippen molar-refractivity contribution in [3.05, 3.63) is 54.5 Å². The number of ether oxygens (including phenoxy) is 1. The zero-order chi connectivity index (χ0) is 21.4. The number of hydrogen-bond acceptors (Lipinski definition) is 8. The minimum atomic E-state index is -0.647. The molecule has 3 N–H and O–H groups in total. The van der Waals surface area contributed by atoms with Crippen LogP contribution in [0.4, 0.5) is 33.2 Å². The van der Waals surface area contributed by atoms with Gasteiger partial charge in [-0.15, -0.1) is 0 Å². The number of rotatable bonds is 4. The average molecular weight is 420 g/mol. The number of fused-ring (bicyclic) bond motifs is 3. The van der Waals surface area contributed by atoms with Gasteiger partial charge < -0.3 is 20.5 Å². The molecule has 0 radical (unpaired) electrons. The lowest BCUT2D eigenvalue weighted by molar-refractivity contribution is -0.117. The van der Waals surface area contributed by atoms with Crippen LogP contribution in [0.25, 0.3) is 0 Å². The summed E-state index contributed by atoms with van der Waals surface area (Å²) >= 11 is 0. The number of hydrogen-bond donors (Lipinski definition) is 3. The van der Waals surface area contributed by atoms with E-state index in [-0.39, 0.29) is 30.0 Å². The van der Waals surface area contributed by atoms with Crippen LogP contribution in [0.3, 0.4) is 0 Å². The van der Waals surface area contributed by atoms with Gasteiger partial charge in [0.1, 0.15) is 23.9 Å². The normalized spacial score (nSPS) is 14.8. The summed E-state index contributed by atoms with van der Waals surface area (Å²) in [4.78, 5) is 26.4. The van der Waals surface area contributed by atoms with Gasteiger partial charge in [-0.1, -0.05) is 6.07 Å². The molecule has 2 aromatic carbocycles. The van der Waals surface area contributed by atoms with Crippen LogP contribution in [0.1, 0.15) is 6.42 Å². The minimum Gasteiger partial charge on any atom is -0.508 e. The van der Waals surface area contributed by atoms with Gasteiger partial charge >= 0.3 is 0 Å². The summed E-state index contributed by atoms with van der Waals surface area (Å²) in [6.07, 6.45) is 1.37. The predicted octanol–water partition coefficient (Wildman–Crippen LogP) is 3.34. The van der Waals surface area contributed by atoms with Gasteiger partial charge in [0.15, 0.2) is 11.6 Å². The molecule has 0 bridgehead atoms. The summed E-state index contributed by atoms with van der Waals surface area (Å²) < 4.78 is 20.0. The topological polar surface area (TPSA) is 112 Å². The number of anilines is 5. The summed E-state index contributed by atoms with van der Waals surface area (Å²) in [5.74, 6) is 0.589. The number of carbonyl (C=O) groups is 1. The lowest BCUT2D eigenvalue weighted by Crippen LogP contribution is -2.46. The summed E-state index contributed by atoms with van der Waals surface area (Å²) in [5, 5.41) is 15.4. The van der Waals surface area contributed by atoms with E-state index in [0.717, 1.165) is 6.20 Å². The zero-order valence-electron chi connectivity index (χ0n) is 16.2. The summed E-state index contributed by atoms with van der Waals surface area (Å²) in [6.45, 7) is 0.679. The van der Waals surface area contributed by atoms with E-state index >= 15 is 0 Å². The Morgan fingerprint density at radius 2 is 2.00 bits per heavy atom. The number of carbonyl (C=O) groups excluding carboxylic acids is 1. The van der Waals surface area contributed by atoms with E-state index in [1.165, 1.54) is 12.1 Å². The summed E-state index contributed by atoms with van der Waals surface area (Å²) in [7, 11) is 0. The third kappa shape index (κ3) is 3.70. The van der Waals surface area contributed by atoms with Crippen molar-refractivity contribution in [3.8, 4) is 11.5 Å². The fourth-order valence-electron chi connectivity index (χ4n) is 3.39. The molecule has 9 nitrogen and oxygen atoms in total. The third-order valence-electron chi connectivity index (χ3n) is 4.79. The Hall–Kier alpha value is -4.21. The van der Waals surface area contributed by atoms with Crippen molar-refractivity contribution in [2.45, 2.75) is 6.42 Å². The molecule has 2 aliphatic rings. The second kappa shape index (κ2) is 7.56. The number of nitrogens with zero attached hydrogens (tertiary/aromatic N) is 4. The number of aromatic nitrogens is 2. The second-order valence-electron chi connectivity index (χ2n) is 6.94. The van der Waals surface area contributed by atoms with Gasteiger partial charge in [0.2, 0.25) is 11.9 Å². The van der Waals surface area contributed by atoms with Gasteiger partial charge in [-0.05, 0) is 30.3 Å². The van der Waals surface area contributed by atoms with Gasteiger partial charge in [0.25, 0.3) is 0 Å². The van der Waals surface area contributed by atoms with E-state index in [4.69, 9.17) is 4.74 Å². The quantitative estimate of drug-likeness (QED) is 0.593. The van der Waals surface area contributed by atoms with Gasteiger partial charge in [0.05, 0.1) is 11.9 Å². The monoisotopic (exact) mass is 420 g/mol. The number of aliphatic imine (C=N–C) groups is 1. The highest BCUT2D eigenvalue weighted by Gasteiger charge is 2.31. The fourth-order valence-corrected chi connectivity index (χ4v) is 3.39. The molecule has 1 aromatic heterocycles. The van der Waals surface area contributed by atoms with E-state index in [2.05, 4.69) is 25.6 Å². The molecular weight excluding hydrogens is 403 g/mol. The van der Waals surface area contributed by atoms with Crippen molar-refractivity contribution >= 4 is 40.6 Å². The number of phenolic OH excluding ortho intramolecular Hbond substituents is 1. The number of benzene rings is 2. The first-order valence-electron chi connectivity index (χ1n) is 9.55. The fraction of sp³-hybridized carbons (Fsp3) is 0.143. The van der Waals surface area contributed by atoms with E-state index in [9.17, 15) is 14.3 Å². The Balaban J connectivity index is 1.43. The van der Waals surface area contributed by atoms with Crippen LogP contribution in [0, 0.1) is 5.82 Å². The first-order chi connectivity index (χ1) is 15.1. The SMILES string of the molecule is O=C1CCN=C2COc3ccc(Nc4nc(Nc5cccc(O)c5)ncc4F)cc3N12. The average Bonchev–Trinajstić information content (AvgIpc) is 2.76. The van der Waals surface area contributed by atoms with E-state index in [1.807, 2.05) is 0 Å². The van der Waals surface area contributed by atoms with E-state index in [1.54, 1.807) is 35.2 Å². The van der Waals surface area contributed by atoms with Crippen LogP contribution in [0.15, 0.2) is 53.7 Å². The standard InChI is InChI=1S/C21H17FN6O3/c22-15-10-24-21(26-12-2-1-3-14(29)8-12)27-20(15)25-13-4-5-17-16(9-13)28-18(11-31-17)23-7-6-19(28)30/h1-5,8-10,29H,6-7,11H2,(H2,24,25,26,27). The highest BCUT2D eigenvalue weighted by Crippen LogP contribution is 2.37. The van der Waals surface area contributed by atoms with Crippen LogP contribution >= 0.6 is 0 Å². The molecule has 0 spiro atoms. The Bertz CT molecular complexity index is 1220. The molecule has 0 atom stereocenters. The van der Waals surface area contributed by atoms with Gasteiger partial charge in [0, 0.05) is 30.4 Å². The van der Waals surface area contributed by atoms with Crippen LogP contribution in [0.2, 0.25) is 0 Å². The largest absolute Gasteiger partial charge is 0.508 e. The predicted molar refractivity (Wildman–Crippen MR) is 113 cm³/mol. The number of amides is 1. The highest BCUT2D eigenvalue weighted by molar-refractivity contribution is 6.20. The smallest absolute Gasteiger partial charge is 0.234 e. The van der Waals surface area contributed by atoms with Gasteiger partial charge in [-0.2, -0.15) is 4.98 Å². The lowest BCUT2D eigenvalue weighted by atomic mass is 10.1. The molecule has 0 aliphatic carbocycles. The van der Waals surface area contributed by atoms with Crippen LogP contribution in [0.5, 0.6) is 11.5 Å². The van der Waals surface area contributed by atoms with Crippen molar-refractivity contribution in [1.29, 1.82) is 0 Å². The maximum absolute atomic E-state index is 14.4. The first kappa shape index (κ1) is 18.8. The number of aromatic hydroxyl groups is 1. The molecule has 0 saturated carbocycles. The molecular formula is C21H17FN6O3. The number of phenols is 1. The molecule has 1 amide bonds. The molecule has 2 aliphatic heterocycles. The maximum Gasteiger partial charge on any atom is 0.234 e. The Labute approximate surface area is 176 Å². The Kier molecular flexibility index (Phi) is 4.58. The molecule has 3 heterocycles. The molecule has 0 saturated heterocycles. The maximum atomic E-state index is 14.4. The van der Waals surface area contributed by atoms with Crippen molar-refractivity contribution in [1.82, 2.24) is 9.97 Å². The summed E-state index contributed by atoms with van der Waals surface area (Å²) in [5.41, 5.74) is 1.62. The molecule has 156 valence electrons. The molecule has 31 heavy (non-hydrogen) atoms. The highest BCUT2D eigenvalue weighted by atomic mass is 19.1. The van der Waals surface area contributed by atoms with E-state index < -0.39 is 5.82 Å². The van der Waals surface area contributed by atoms with Crippen molar-refractivity contribution in [3.63, 3.8) is 0 Å². The van der Waals surface area contributed by atoms with Crippen LogP contribution < -0.4 is 20.3 Å². The number of nitrogens with one attached hydrogen (secondary N) is 2.